The van der Waals surface area contributed by atoms with E-state index in [4.69, 9.17) is 0 Å². The molecule has 0 bridgehead atoms. The largest absolute Gasteiger partial charge is 0.292 e. The highest BCUT2D eigenvalue weighted by molar-refractivity contribution is 9.10. The highest BCUT2D eigenvalue weighted by Gasteiger charge is 2.57. The third-order valence-corrected chi connectivity index (χ3v) is 7.12. The Balaban J connectivity index is 1.82. The van der Waals surface area contributed by atoms with E-state index < -0.39 is 5.41 Å². The minimum atomic E-state index is -0.821. The molecular formula is C29H19BrO. The summed E-state index contributed by atoms with van der Waals surface area (Å²) < 4.78 is 1.01. The average molecular weight is 463 g/mol. The van der Waals surface area contributed by atoms with Gasteiger partial charge in [-0.15, -0.1) is 0 Å². The molecule has 148 valence electrons. The van der Waals surface area contributed by atoms with Crippen molar-refractivity contribution in [1.82, 2.24) is 0 Å². The zero-order valence-electron chi connectivity index (χ0n) is 17.0. The van der Waals surface area contributed by atoms with Gasteiger partial charge in [-0.2, -0.15) is 0 Å². The van der Waals surface area contributed by atoms with Crippen molar-refractivity contribution in [2.45, 2.75) is 12.3 Å². The van der Waals surface area contributed by atoms with E-state index in [0.29, 0.717) is 0 Å². The van der Waals surface area contributed by atoms with Crippen LogP contribution in [0.5, 0.6) is 0 Å². The van der Waals surface area contributed by atoms with Crippen LogP contribution in [0.15, 0.2) is 102 Å². The number of hydrogen-bond acceptors (Lipinski definition) is 1. The molecule has 1 atom stereocenters. The Hall–Kier alpha value is -3.23. The third kappa shape index (κ3) is 2.40. The van der Waals surface area contributed by atoms with E-state index in [1.165, 1.54) is 0 Å². The van der Waals surface area contributed by atoms with Gasteiger partial charge < -0.3 is 0 Å². The van der Waals surface area contributed by atoms with Crippen molar-refractivity contribution in [2.24, 2.45) is 0 Å². The van der Waals surface area contributed by atoms with E-state index in [1.807, 2.05) is 36.4 Å². The van der Waals surface area contributed by atoms with Gasteiger partial charge in [-0.05, 0) is 58.0 Å². The van der Waals surface area contributed by atoms with Gasteiger partial charge in [0.1, 0.15) is 5.41 Å². The normalized spacial score (nSPS) is 18.7. The maximum atomic E-state index is 14.3. The summed E-state index contributed by atoms with van der Waals surface area (Å²) in [5.41, 5.74) is 8.87. The summed E-state index contributed by atoms with van der Waals surface area (Å²) in [6.45, 7) is 2.09. The summed E-state index contributed by atoms with van der Waals surface area (Å²) >= 11 is 3.56. The van der Waals surface area contributed by atoms with Crippen molar-refractivity contribution < 1.29 is 4.79 Å². The zero-order chi connectivity index (χ0) is 21.2. The Bertz CT molecular complexity index is 1400. The van der Waals surface area contributed by atoms with Gasteiger partial charge in [-0.1, -0.05) is 106 Å². The standard InChI is InChI=1S/C29H19BrO/c1-18-11-16-22-24(17-18)27-26(19-7-3-2-4-8-19)23-9-5-6-10-25(23)29(27,28(22)31)20-12-14-21(30)15-13-20/h2-17H,1H3. The molecule has 6 rings (SSSR count). The van der Waals surface area contributed by atoms with Crippen LogP contribution in [-0.4, -0.2) is 5.78 Å². The molecule has 0 amide bonds. The minimum absolute atomic E-state index is 0.165. The van der Waals surface area contributed by atoms with Crippen LogP contribution in [0, 0.1) is 6.92 Å². The number of benzene rings is 4. The Morgan fingerprint density at radius 2 is 1.42 bits per heavy atom. The molecule has 0 spiro atoms. The van der Waals surface area contributed by atoms with E-state index >= 15 is 0 Å². The van der Waals surface area contributed by atoms with Crippen molar-refractivity contribution in [1.29, 1.82) is 0 Å². The molecular weight excluding hydrogens is 444 g/mol. The fourth-order valence-electron chi connectivity index (χ4n) is 5.36. The van der Waals surface area contributed by atoms with Crippen molar-refractivity contribution >= 4 is 32.9 Å². The van der Waals surface area contributed by atoms with E-state index in [9.17, 15) is 4.79 Å². The van der Waals surface area contributed by atoms with Crippen molar-refractivity contribution in [3.8, 4) is 0 Å². The number of carbonyl (C=O) groups is 1. The Labute approximate surface area is 190 Å². The molecule has 0 aromatic heterocycles. The van der Waals surface area contributed by atoms with E-state index in [2.05, 4.69) is 83.5 Å². The predicted molar refractivity (Wildman–Crippen MR) is 129 cm³/mol. The lowest BCUT2D eigenvalue weighted by molar-refractivity contribution is 0.0954. The summed E-state index contributed by atoms with van der Waals surface area (Å²) in [6.07, 6.45) is 0. The molecule has 0 fully saturated rings. The molecule has 0 aliphatic heterocycles. The quantitative estimate of drug-likeness (QED) is 0.307. The Morgan fingerprint density at radius 3 is 2.19 bits per heavy atom. The molecule has 31 heavy (non-hydrogen) atoms. The molecule has 0 saturated carbocycles. The first-order valence-electron chi connectivity index (χ1n) is 10.4. The molecule has 4 aromatic rings. The fraction of sp³-hybridized carbons (Fsp3) is 0.0690. The average Bonchev–Trinajstić information content (AvgIpc) is 3.24. The molecule has 0 saturated heterocycles. The first-order valence-corrected chi connectivity index (χ1v) is 11.2. The number of aryl methyl sites for hydroxylation is 1. The SMILES string of the molecule is Cc1ccc2c(c1)C1=C(c3ccccc3)c3ccccc3C1(c1ccc(Br)cc1)C2=O. The van der Waals surface area contributed by atoms with Gasteiger partial charge in [-0.25, -0.2) is 0 Å². The van der Waals surface area contributed by atoms with Crippen LogP contribution in [0.3, 0.4) is 0 Å². The number of hydrogen-bond donors (Lipinski definition) is 0. The fourth-order valence-corrected chi connectivity index (χ4v) is 5.62. The summed E-state index contributed by atoms with van der Waals surface area (Å²) in [5, 5.41) is 0. The first kappa shape index (κ1) is 18.5. The number of Topliss-reactive ketones (excluding diaryl/α,β-unsaturated/α-hetero) is 1. The number of ketones is 1. The van der Waals surface area contributed by atoms with Gasteiger partial charge in [-0.3, -0.25) is 4.79 Å². The maximum Gasteiger partial charge on any atom is 0.182 e. The lowest BCUT2D eigenvalue weighted by atomic mass is 9.71. The monoisotopic (exact) mass is 462 g/mol. The van der Waals surface area contributed by atoms with Gasteiger partial charge in [0.2, 0.25) is 0 Å². The molecule has 0 heterocycles. The van der Waals surface area contributed by atoms with Crippen molar-refractivity contribution in [3.05, 3.63) is 140 Å². The van der Waals surface area contributed by atoms with Gasteiger partial charge in [0.15, 0.2) is 5.78 Å². The Morgan fingerprint density at radius 1 is 0.710 bits per heavy atom. The minimum Gasteiger partial charge on any atom is -0.292 e. The highest BCUT2D eigenvalue weighted by Crippen LogP contribution is 2.61. The number of fused-ring (bicyclic) bond motifs is 5. The van der Waals surface area contributed by atoms with Crippen LogP contribution in [-0.2, 0) is 5.41 Å². The van der Waals surface area contributed by atoms with Crippen molar-refractivity contribution in [2.75, 3.05) is 0 Å². The van der Waals surface area contributed by atoms with E-state index in [0.717, 1.165) is 54.6 Å². The molecule has 4 aromatic carbocycles. The summed E-state index contributed by atoms with van der Waals surface area (Å²) in [4.78, 5) is 14.3. The van der Waals surface area contributed by atoms with Crippen LogP contribution >= 0.6 is 15.9 Å². The molecule has 2 heteroatoms. The van der Waals surface area contributed by atoms with Crippen LogP contribution in [0.2, 0.25) is 0 Å². The molecule has 2 aliphatic carbocycles. The molecule has 1 nitrogen and oxygen atoms in total. The van der Waals surface area contributed by atoms with E-state index in [1.54, 1.807) is 0 Å². The van der Waals surface area contributed by atoms with Crippen LogP contribution in [0.25, 0.3) is 11.1 Å². The summed E-state index contributed by atoms with van der Waals surface area (Å²) in [5.74, 6) is 0.165. The number of allylic oxidation sites excluding steroid dienone is 1. The highest BCUT2D eigenvalue weighted by atomic mass is 79.9. The predicted octanol–water partition coefficient (Wildman–Crippen LogP) is 7.21. The zero-order valence-corrected chi connectivity index (χ0v) is 18.6. The topological polar surface area (TPSA) is 17.1 Å². The second-order valence-corrected chi connectivity index (χ2v) is 9.21. The van der Waals surface area contributed by atoms with Gasteiger partial charge in [0.25, 0.3) is 0 Å². The smallest absolute Gasteiger partial charge is 0.182 e. The van der Waals surface area contributed by atoms with Crippen LogP contribution in [0.1, 0.15) is 43.7 Å². The van der Waals surface area contributed by atoms with Crippen LogP contribution in [0.4, 0.5) is 0 Å². The first-order chi connectivity index (χ1) is 15.1. The van der Waals surface area contributed by atoms with Gasteiger partial charge in [0, 0.05) is 10.0 Å². The van der Waals surface area contributed by atoms with Gasteiger partial charge >= 0.3 is 0 Å². The van der Waals surface area contributed by atoms with Gasteiger partial charge in [0.05, 0.1) is 0 Å². The summed E-state index contributed by atoms with van der Waals surface area (Å²) in [6, 6.07) is 33.3. The summed E-state index contributed by atoms with van der Waals surface area (Å²) in [7, 11) is 0. The number of halogens is 1. The lowest BCUT2D eigenvalue weighted by Crippen LogP contribution is -2.32. The lowest BCUT2D eigenvalue weighted by Gasteiger charge is -2.28. The molecule has 1 unspecified atom stereocenters. The second kappa shape index (κ2) is 6.63. The molecule has 2 aliphatic rings. The Kier molecular flexibility index (Phi) is 3.97. The maximum absolute atomic E-state index is 14.3. The number of rotatable bonds is 2. The van der Waals surface area contributed by atoms with E-state index in [-0.39, 0.29) is 5.78 Å². The second-order valence-electron chi connectivity index (χ2n) is 8.30. The van der Waals surface area contributed by atoms with Crippen molar-refractivity contribution in [3.63, 3.8) is 0 Å². The number of carbonyl (C=O) groups excluding carboxylic acids is 1. The third-order valence-electron chi connectivity index (χ3n) is 6.59. The van der Waals surface area contributed by atoms with Crippen LogP contribution < -0.4 is 0 Å². The molecule has 0 N–H and O–H groups in total. The molecule has 0 radical (unpaired) electrons.